The molecule has 2 aromatic carbocycles. The molecule has 2 aromatic rings. The maximum atomic E-state index is 12.6. The lowest BCUT2D eigenvalue weighted by Gasteiger charge is -2.26. The quantitative estimate of drug-likeness (QED) is 0.672. The minimum absolute atomic E-state index is 0.0409. The van der Waals surface area contributed by atoms with Gasteiger partial charge in [0, 0.05) is 18.2 Å². The first-order chi connectivity index (χ1) is 14.5. The molecule has 1 atom stereocenters. The van der Waals surface area contributed by atoms with Gasteiger partial charge in [-0.3, -0.25) is 9.69 Å². The van der Waals surface area contributed by atoms with E-state index in [0.29, 0.717) is 18.7 Å². The maximum Gasteiger partial charge on any atom is 0.337 e. The van der Waals surface area contributed by atoms with Gasteiger partial charge in [-0.05, 0) is 55.3 Å². The van der Waals surface area contributed by atoms with E-state index in [1.807, 2.05) is 30.3 Å². The van der Waals surface area contributed by atoms with Gasteiger partial charge in [0.05, 0.1) is 33.4 Å². The molecule has 30 heavy (non-hydrogen) atoms. The van der Waals surface area contributed by atoms with Crippen LogP contribution in [-0.2, 0) is 16.1 Å². The Morgan fingerprint density at radius 3 is 2.50 bits per heavy atom. The Hall–Kier alpha value is -3.06. The summed E-state index contributed by atoms with van der Waals surface area (Å²) in [4.78, 5) is 26.2. The van der Waals surface area contributed by atoms with Crippen molar-refractivity contribution in [3.63, 3.8) is 0 Å². The van der Waals surface area contributed by atoms with Gasteiger partial charge in [0.2, 0.25) is 5.91 Å². The third-order valence-corrected chi connectivity index (χ3v) is 5.37. The predicted molar refractivity (Wildman–Crippen MR) is 113 cm³/mol. The molecule has 0 aromatic heterocycles. The van der Waals surface area contributed by atoms with Crippen LogP contribution in [0.2, 0.25) is 0 Å². The number of carbonyl (C=O) groups excluding carboxylic acids is 2. The molecule has 3 rings (SSSR count). The van der Waals surface area contributed by atoms with Crippen molar-refractivity contribution >= 4 is 11.9 Å². The summed E-state index contributed by atoms with van der Waals surface area (Å²) in [5.41, 5.74) is 2.45. The topological polar surface area (TPSA) is 77.1 Å². The number of hydrogen-bond donors (Lipinski definition) is 1. The van der Waals surface area contributed by atoms with E-state index in [1.165, 1.54) is 7.11 Å². The number of rotatable bonds is 8. The molecular formula is C23H28N2O5. The lowest BCUT2D eigenvalue weighted by molar-refractivity contribution is -0.122. The molecule has 1 fully saturated rings. The van der Waals surface area contributed by atoms with E-state index in [0.717, 1.165) is 42.0 Å². The number of nitrogens with zero attached hydrogens (tertiary/aromatic N) is 1. The second-order valence-corrected chi connectivity index (χ2v) is 7.20. The summed E-state index contributed by atoms with van der Waals surface area (Å²) < 4.78 is 15.6. The van der Waals surface area contributed by atoms with Gasteiger partial charge in [-0.2, -0.15) is 0 Å². The normalized spacial score (nSPS) is 16.2. The molecule has 1 aliphatic rings. The van der Waals surface area contributed by atoms with Gasteiger partial charge in [0.15, 0.2) is 0 Å². The molecular weight excluding hydrogens is 384 g/mol. The monoisotopic (exact) mass is 412 g/mol. The van der Waals surface area contributed by atoms with E-state index < -0.39 is 0 Å². The summed E-state index contributed by atoms with van der Waals surface area (Å²) in [5.74, 6) is 1.16. The lowest BCUT2D eigenvalue weighted by Crippen LogP contribution is -2.36. The molecule has 7 nitrogen and oxygen atoms in total. The summed E-state index contributed by atoms with van der Waals surface area (Å²) in [7, 11) is 4.65. The Labute approximate surface area is 176 Å². The molecule has 1 heterocycles. The first-order valence-corrected chi connectivity index (χ1v) is 9.95. The van der Waals surface area contributed by atoms with Crippen LogP contribution in [0, 0.1) is 0 Å². The number of likely N-dealkylation sites (tertiary alicyclic amines) is 1. The molecule has 0 aliphatic carbocycles. The number of ether oxygens (including phenoxy) is 3. The van der Waals surface area contributed by atoms with Crippen molar-refractivity contribution in [2.75, 3.05) is 34.4 Å². The third kappa shape index (κ3) is 5.10. The number of benzene rings is 2. The highest BCUT2D eigenvalue weighted by atomic mass is 16.5. The number of esters is 1. The molecule has 0 radical (unpaired) electrons. The first kappa shape index (κ1) is 21.6. The predicted octanol–water partition coefficient (Wildman–Crippen LogP) is 2.94. The second-order valence-electron chi connectivity index (χ2n) is 7.20. The molecule has 0 saturated carbocycles. The van der Waals surface area contributed by atoms with Crippen LogP contribution in [0.15, 0.2) is 42.5 Å². The standard InChI is InChI=1S/C23H28N2O5/c1-28-18-10-11-21(29-2)19(13-18)20-5-4-12-25(20)15-22(26)24-14-16-6-8-17(9-7-16)23(27)30-3/h6-11,13,20H,4-5,12,14-15H2,1-3H3,(H,24,26)/t20-/m0/s1. The van der Waals surface area contributed by atoms with Crippen molar-refractivity contribution in [2.45, 2.75) is 25.4 Å². The van der Waals surface area contributed by atoms with Crippen LogP contribution in [0.5, 0.6) is 11.5 Å². The Balaban J connectivity index is 1.60. The molecule has 160 valence electrons. The van der Waals surface area contributed by atoms with Gasteiger partial charge in [0.25, 0.3) is 0 Å². The van der Waals surface area contributed by atoms with E-state index in [-0.39, 0.29) is 17.9 Å². The van der Waals surface area contributed by atoms with Crippen molar-refractivity contribution in [1.82, 2.24) is 10.2 Å². The average Bonchev–Trinajstić information content (AvgIpc) is 3.24. The van der Waals surface area contributed by atoms with Crippen LogP contribution in [-0.4, -0.2) is 51.2 Å². The Bertz CT molecular complexity index is 882. The average molecular weight is 412 g/mol. The molecule has 0 bridgehead atoms. The molecule has 1 saturated heterocycles. The van der Waals surface area contributed by atoms with Crippen LogP contribution < -0.4 is 14.8 Å². The largest absolute Gasteiger partial charge is 0.497 e. The molecule has 1 amide bonds. The highest BCUT2D eigenvalue weighted by molar-refractivity contribution is 5.89. The van der Waals surface area contributed by atoms with Crippen LogP contribution in [0.4, 0.5) is 0 Å². The van der Waals surface area contributed by atoms with Gasteiger partial charge in [-0.1, -0.05) is 12.1 Å². The Morgan fingerprint density at radius 1 is 1.07 bits per heavy atom. The number of nitrogens with one attached hydrogen (secondary N) is 1. The van der Waals surface area contributed by atoms with E-state index in [4.69, 9.17) is 14.2 Å². The van der Waals surface area contributed by atoms with Crippen molar-refractivity contribution in [3.8, 4) is 11.5 Å². The van der Waals surface area contributed by atoms with E-state index in [1.54, 1.807) is 26.4 Å². The second kappa shape index (κ2) is 10.1. The fraction of sp³-hybridized carbons (Fsp3) is 0.391. The van der Waals surface area contributed by atoms with Crippen LogP contribution in [0.1, 0.15) is 40.4 Å². The summed E-state index contributed by atoms with van der Waals surface area (Å²) >= 11 is 0. The third-order valence-electron chi connectivity index (χ3n) is 5.37. The lowest BCUT2D eigenvalue weighted by atomic mass is 10.0. The summed E-state index contributed by atoms with van der Waals surface area (Å²) in [6.45, 7) is 1.57. The van der Waals surface area contributed by atoms with Gasteiger partial charge >= 0.3 is 5.97 Å². The maximum absolute atomic E-state index is 12.6. The molecule has 0 spiro atoms. The highest BCUT2D eigenvalue weighted by Crippen LogP contribution is 2.38. The van der Waals surface area contributed by atoms with Crippen molar-refractivity contribution in [3.05, 3.63) is 59.2 Å². The Kier molecular flexibility index (Phi) is 7.30. The van der Waals surface area contributed by atoms with Gasteiger partial charge < -0.3 is 19.5 Å². The number of carbonyl (C=O) groups is 2. The zero-order valence-corrected chi connectivity index (χ0v) is 17.6. The van der Waals surface area contributed by atoms with Gasteiger partial charge in [-0.25, -0.2) is 4.79 Å². The smallest absolute Gasteiger partial charge is 0.337 e. The summed E-state index contributed by atoms with van der Waals surface area (Å²) in [6.07, 6.45) is 1.99. The zero-order valence-electron chi connectivity index (χ0n) is 17.6. The molecule has 7 heteroatoms. The number of methoxy groups -OCH3 is 3. The van der Waals surface area contributed by atoms with Crippen LogP contribution in [0.3, 0.4) is 0 Å². The molecule has 1 N–H and O–H groups in total. The molecule has 1 aliphatic heterocycles. The van der Waals surface area contributed by atoms with Gasteiger partial charge in [0.1, 0.15) is 11.5 Å². The van der Waals surface area contributed by atoms with Crippen molar-refractivity contribution < 1.29 is 23.8 Å². The van der Waals surface area contributed by atoms with Crippen LogP contribution in [0.25, 0.3) is 0 Å². The zero-order chi connectivity index (χ0) is 21.5. The molecule has 0 unspecified atom stereocenters. The van der Waals surface area contributed by atoms with E-state index in [2.05, 4.69) is 10.2 Å². The number of amides is 1. The number of hydrogen-bond acceptors (Lipinski definition) is 6. The van der Waals surface area contributed by atoms with Crippen LogP contribution >= 0.6 is 0 Å². The fourth-order valence-electron chi connectivity index (χ4n) is 3.78. The first-order valence-electron chi connectivity index (χ1n) is 9.95. The summed E-state index contributed by atoms with van der Waals surface area (Å²) in [5, 5.41) is 2.96. The minimum Gasteiger partial charge on any atom is -0.497 e. The van der Waals surface area contributed by atoms with Crippen molar-refractivity contribution in [1.29, 1.82) is 0 Å². The van der Waals surface area contributed by atoms with E-state index >= 15 is 0 Å². The van der Waals surface area contributed by atoms with Crippen molar-refractivity contribution in [2.24, 2.45) is 0 Å². The SMILES string of the molecule is COC(=O)c1ccc(CNC(=O)CN2CCC[C@H]2c2cc(OC)ccc2OC)cc1. The highest BCUT2D eigenvalue weighted by Gasteiger charge is 2.30. The summed E-state index contributed by atoms with van der Waals surface area (Å²) in [6, 6.07) is 12.9. The Morgan fingerprint density at radius 2 is 1.83 bits per heavy atom. The fourth-order valence-corrected chi connectivity index (χ4v) is 3.78. The van der Waals surface area contributed by atoms with E-state index in [9.17, 15) is 9.59 Å². The van der Waals surface area contributed by atoms with Gasteiger partial charge in [-0.15, -0.1) is 0 Å². The minimum atomic E-state index is -0.376.